The van der Waals surface area contributed by atoms with E-state index in [4.69, 9.17) is 15.2 Å². The van der Waals surface area contributed by atoms with Gasteiger partial charge in [-0.1, -0.05) is 6.92 Å². The third kappa shape index (κ3) is 3.67. The number of fused-ring (bicyclic) bond motifs is 1. The van der Waals surface area contributed by atoms with Crippen LogP contribution in [0.3, 0.4) is 0 Å². The van der Waals surface area contributed by atoms with E-state index in [9.17, 15) is 8.42 Å². The Morgan fingerprint density at radius 3 is 2.55 bits per heavy atom. The van der Waals surface area contributed by atoms with Gasteiger partial charge < -0.3 is 15.2 Å². The zero-order valence-electron chi connectivity index (χ0n) is 11.3. The van der Waals surface area contributed by atoms with Crippen LogP contribution in [0.1, 0.15) is 19.8 Å². The first-order valence-corrected chi connectivity index (χ1v) is 7.96. The lowest BCUT2D eigenvalue weighted by atomic mass is 10.2. The summed E-state index contributed by atoms with van der Waals surface area (Å²) in [6.45, 7) is 3.32. The van der Waals surface area contributed by atoms with Gasteiger partial charge in [-0.15, -0.1) is 0 Å². The van der Waals surface area contributed by atoms with E-state index in [2.05, 4.69) is 9.44 Å². The predicted octanol–water partition coefficient (Wildman–Crippen LogP) is 1.09. The molecule has 0 atom stereocenters. The van der Waals surface area contributed by atoms with Crippen molar-refractivity contribution in [3.05, 3.63) is 12.1 Å². The van der Waals surface area contributed by atoms with Gasteiger partial charge in [0.05, 0.1) is 24.6 Å². The van der Waals surface area contributed by atoms with Crippen molar-refractivity contribution in [2.45, 2.75) is 19.8 Å². The Balaban J connectivity index is 2.22. The summed E-state index contributed by atoms with van der Waals surface area (Å²) in [5.74, 6) is 1.02. The number of nitrogens with two attached hydrogens (primary N) is 1. The number of hydrogen-bond donors (Lipinski definition) is 3. The molecule has 1 heterocycles. The van der Waals surface area contributed by atoms with Gasteiger partial charge >= 0.3 is 0 Å². The van der Waals surface area contributed by atoms with E-state index in [0.29, 0.717) is 37.7 Å². The molecule has 0 spiro atoms. The van der Waals surface area contributed by atoms with Crippen molar-refractivity contribution in [2.24, 2.45) is 0 Å². The van der Waals surface area contributed by atoms with Gasteiger partial charge in [0.2, 0.25) is 0 Å². The number of nitrogen functional groups attached to an aromatic ring is 1. The molecule has 1 aromatic carbocycles. The summed E-state index contributed by atoms with van der Waals surface area (Å²) < 4.78 is 39.4. The monoisotopic (exact) mass is 301 g/mol. The molecule has 1 aliphatic rings. The van der Waals surface area contributed by atoms with Crippen molar-refractivity contribution in [1.29, 1.82) is 0 Å². The molecule has 7 nitrogen and oxygen atoms in total. The van der Waals surface area contributed by atoms with Crippen LogP contribution in [0.2, 0.25) is 0 Å². The number of ether oxygens (including phenoxy) is 2. The highest BCUT2D eigenvalue weighted by Gasteiger charge is 2.17. The first kappa shape index (κ1) is 14.7. The van der Waals surface area contributed by atoms with Gasteiger partial charge in [0.15, 0.2) is 11.5 Å². The van der Waals surface area contributed by atoms with E-state index in [1.54, 1.807) is 12.1 Å². The van der Waals surface area contributed by atoms with Crippen molar-refractivity contribution in [2.75, 3.05) is 30.2 Å². The third-order valence-electron chi connectivity index (χ3n) is 2.71. The molecule has 0 amide bonds. The maximum absolute atomic E-state index is 11.8. The molecule has 0 saturated carbocycles. The number of rotatable bonds is 5. The average Bonchev–Trinajstić information content (AvgIpc) is 2.61. The van der Waals surface area contributed by atoms with Gasteiger partial charge in [0, 0.05) is 25.1 Å². The van der Waals surface area contributed by atoms with Crippen LogP contribution in [0.25, 0.3) is 0 Å². The Kier molecular flexibility index (Phi) is 4.56. The molecule has 20 heavy (non-hydrogen) atoms. The smallest absolute Gasteiger partial charge is 0.299 e. The molecule has 2 rings (SSSR count). The fourth-order valence-corrected chi connectivity index (χ4v) is 2.74. The first-order chi connectivity index (χ1) is 9.52. The van der Waals surface area contributed by atoms with Gasteiger partial charge in [0.1, 0.15) is 0 Å². The summed E-state index contributed by atoms with van der Waals surface area (Å²) in [6, 6.07) is 3.11. The largest absolute Gasteiger partial charge is 0.489 e. The summed E-state index contributed by atoms with van der Waals surface area (Å²) in [4.78, 5) is 0. The number of benzene rings is 1. The molecular formula is C12H19N3O4S. The summed E-state index contributed by atoms with van der Waals surface area (Å²) in [7, 11) is -3.63. The second-order valence-electron chi connectivity index (χ2n) is 4.44. The third-order valence-corrected chi connectivity index (χ3v) is 3.78. The van der Waals surface area contributed by atoms with Gasteiger partial charge in [-0.05, 0) is 6.42 Å². The predicted molar refractivity (Wildman–Crippen MR) is 77.3 cm³/mol. The van der Waals surface area contributed by atoms with Crippen molar-refractivity contribution in [3.63, 3.8) is 0 Å². The second-order valence-corrected chi connectivity index (χ2v) is 5.94. The maximum atomic E-state index is 11.8. The van der Waals surface area contributed by atoms with Crippen LogP contribution in [0.5, 0.6) is 11.5 Å². The van der Waals surface area contributed by atoms with Crippen molar-refractivity contribution >= 4 is 21.6 Å². The molecule has 1 aliphatic heterocycles. The summed E-state index contributed by atoms with van der Waals surface area (Å²) in [5.41, 5.74) is 6.41. The Bertz CT molecular complexity index is 574. The van der Waals surface area contributed by atoms with Gasteiger partial charge in [-0.2, -0.15) is 13.1 Å². The van der Waals surface area contributed by atoms with Gasteiger partial charge in [-0.3, -0.25) is 4.72 Å². The quantitative estimate of drug-likeness (QED) is 0.706. The highest BCUT2D eigenvalue weighted by molar-refractivity contribution is 7.90. The lowest BCUT2D eigenvalue weighted by Gasteiger charge is -2.14. The molecule has 0 aliphatic carbocycles. The van der Waals surface area contributed by atoms with E-state index in [-0.39, 0.29) is 11.4 Å². The fourth-order valence-electron chi connectivity index (χ4n) is 1.73. The van der Waals surface area contributed by atoms with Crippen LogP contribution in [-0.2, 0) is 10.2 Å². The zero-order chi connectivity index (χ0) is 14.6. The fraction of sp³-hybridized carbons (Fsp3) is 0.500. The molecule has 0 radical (unpaired) electrons. The lowest BCUT2D eigenvalue weighted by Crippen LogP contribution is -2.30. The molecule has 0 saturated heterocycles. The SMILES string of the molecule is CCCNS(=O)(=O)Nc1cc2c(cc1N)OCCCO2. The average molecular weight is 301 g/mol. The molecule has 0 fully saturated rings. The van der Waals surface area contributed by atoms with Gasteiger partial charge in [0.25, 0.3) is 10.2 Å². The topological polar surface area (TPSA) is 103 Å². The van der Waals surface area contributed by atoms with Crippen LogP contribution in [0.4, 0.5) is 11.4 Å². The number of anilines is 2. The van der Waals surface area contributed by atoms with Crippen molar-refractivity contribution in [3.8, 4) is 11.5 Å². The summed E-state index contributed by atoms with van der Waals surface area (Å²) in [6.07, 6.45) is 1.48. The Morgan fingerprint density at radius 1 is 1.25 bits per heavy atom. The molecule has 112 valence electrons. The first-order valence-electron chi connectivity index (χ1n) is 6.48. The highest BCUT2D eigenvalue weighted by atomic mass is 32.2. The highest BCUT2D eigenvalue weighted by Crippen LogP contribution is 2.36. The molecule has 4 N–H and O–H groups in total. The van der Waals surface area contributed by atoms with E-state index in [1.165, 1.54) is 0 Å². The van der Waals surface area contributed by atoms with E-state index in [1.807, 2.05) is 6.92 Å². The lowest BCUT2D eigenvalue weighted by molar-refractivity contribution is 0.297. The molecule has 0 bridgehead atoms. The maximum Gasteiger partial charge on any atom is 0.299 e. The molecule has 0 unspecified atom stereocenters. The minimum atomic E-state index is -3.63. The van der Waals surface area contributed by atoms with Crippen molar-refractivity contribution < 1.29 is 17.9 Å². The molecular weight excluding hydrogens is 282 g/mol. The van der Waals surface area contributed by atoms with Crippen molar-refractivity contribution in [1.82, 2.24) is 4.72 Å². The second kappa shape index (κ2) is 6.19. The van der Waals surface area contributed by atoms with E-state index in [0.717, 1.165) is 6.42 Å². The zero-order valence-corrected chi connectivity index (χ0v) is 12.1. The normalized spacial score (nSPS) is 14.7. The molecule has 0 aromatic heterocycles. The van der Waals surface area contributed by atoms with Crippen LogP contribution in [0.15, 0.2) is 12.1 Å². The van der Waals surface area contributed by atoms with E-state index >= 15 is 0 Å². The Morgan fingerprint density at radius 2 is 1.90 bits per heavy atom. The van der Waals surface area contributed by atoms with Crippen LogP contribution >= 0.6 is 0 Å². The van der Waals surface area contributed by atoms with Gasteiger partial charge in [-0.25, -0.2) is 0 Å². The minimum absolute atomic E-state index is 0.276. The summed E-state index contributed by atoms with van der Waals surface area (Å²) >= 11 is 0. The summed E-state index contributed by atoms with van der Waals surface area (Å²) in [5, 5.41) is 0. The molecule has 8 heteroatoms. The van der Waals surface area contributed by atoms with E-state index < -0.39 is 10.2 Å². The van der Waals surface area contributed by atoms with Crippen LogP contribution in [0, 0.1) is 0 Å². The number of nitrogens with one attached hydrogen (secondary N) is 2. The van der Waals surface area contributed by atoms with Crippen LogP contribution < -0.4 is 24.7 Å². The standard InChI is InChI=1S/C12H19N3O4S/c1-2-4-14-20(16,17)15-10-8-12-11(7-9(10)13)18-5-3-6-19-12/h7-8,14-15H,2-6,13H2,1H3. The minimum Gasteiger partial charge on any atom is -0.489 e. The Hall–Kier alpha value is -1.67. The van der Waals surface area contributed by atoms with Crippen LogP contribution in [-0.4, -0.2) is 28.2 Å². The Labute approximate surface area is 118 Å². The number of hydrogen-bond acceptors (Lipinski definition) is 5. The molecule has 1 aromatic rings.